The molecule has 0 saturated carbocycles. The van der Waals surface area contributed by atoms with Crippen molar-refractivity contribution in [2.45, 2.75) is 37.6 Å². The van der Waals surface area contributed by atoms with Gasteiger partial charge >= 0.3 is 0 Å². The minimum Gasteiger partial charge on any atom is -0.388 e. The summed E-state index contributed by atoms with van der Waals surface area (Å²) in [5.74, 6) is 4.79. The SMILES string of the molecule is C[C@H]1OC(ON)[C@H](O)[C@@H](O)[C@@H]1O. The minimum absolute atomic E-state index is 0.614. The average molecular weight is 179 g/mol. The molecule has 0 aliphatic carbocycles. The van der Waals surface area contributed by atoms with E-state index in [0.29, 0.717) is 0 Å². The molecular weight excluding hydrogens is 166 g/mol. The predicted octanol–water partition coefficient (Wildman–Crippen LogP) is -2.30. The molecule has 0 aromatic heterocycles. The van der Waals surface area contributed by atoms with Gasteiger partial charge in [-0.05, 0) is 6.92 Å². The summed E-state index contributed by atoms with van der Waals surface area (Å²) in [6, 6.07) is 0. The first-order valence-electron chi connectivity index (χ1n) is 3.63. The zero-order valence-electron chi connectivity index (χ0n) is 6.62. The number of aliphatic hydroxyl groups excluding tert-OH is 3. The summed E-state index contributed by atoms with van der Waals surface area (Å²) in [5.41, 5.74) is 0. The van der Waals surface area contributed by atoms with E-state index in [2.05, 4.69) is 4.84 Å². The van der Waals surface area contributed by atoms with Crippen molar-refractivity contribution < 1.29 is 24.9 Å². The van der Waals surface area contributed by atoms with Gasteiger partial charge in [0, 0.05) is 0 Å². The van der Waals surface area contributed by atoms with Gasteiger partial charge in [-0.2, -0.15) is 0 Å². The van der Waals surface area contributed by atoms with Crippen molar-refractivity contribution in [3.8, 4) is 0 Å². The Bertz CT molecular complexity index is 150. The molecule has 1 saturated heterocycles. The van der Waals surface area contributed by atoms with E-state index < -0.39 is 30.7 Å². The van der Waals surface area contributed by atoms with Crippen molar-refractivity contribution in [3.63, 3.8) is 0 Å². The van der Waals surface area contributed by atoms with Crippen molar-refractivity contribution in [3.05, 3.63) is 0 Å². The van der Waals surface area contributed by atoms with Crippen molar-refractivity contribution >= 4 is 0 Å². The van der Waals surface area contributed by atoms with Crippen molar-refractivity contribution in [1.29, 1.82) is 0 Å². The van der Waals surface area contributed by atoms with E-state index in [9.17, 15) is 15.3 Å². The largest absolute Gasteiger partial charge is 0.388 e. The number of ether oxygens (including phenoxy) is 1. The van der Waals surface area contributed by atoms with Gasteiger partial charge < -0.3 is 20.1 Å². The van der Waals surface area contributed by atoms with E-state index in [1.807, 2.05) is 0 Å². The first kappa shape index (κ1) is 9.85. The normalized spacial score (nSPS) is 49.2. The Morgan fingerprint density at radius 3 is 2.25 bits per heavy atom. The van der Waals surface area contributed by atoms with Gasteiger partial charge in [0.1, 0.15) is 18.3 Å². The van der Waals surface area contributed by atoms with Crippen LogP contribution < -0.4 is 5.90 Å². The Labute approximate surface area is 69.5 Å². The zero-order chi connectivity index (χ0) is 9.30. The fourth-order valence-electron chi connectivity index (χ4n) is 1.13. The van der Waals surface area contributed by atoms with E-state index in [0.717, 1.165) is 0 Å². The molecule has 0 aromatic rings. The van der Waals surface area contributed by atoms with Gasteiger partial charge in [-0.3, -0.25) is 4.84 Å². The zero-order valence-corrected chi connectivity index (χ0v) is 6.62. The fraction of sp³-hybridized carbons (Fsp3) is 1.00. The first-order chi connectivity index (χ1) is 5.57. The van der Waals surface area contributed by atoms with Gasteiger partial charge in [-0.25, -0.2) is 5.90 Å². The highest BCUT2D eigenvalue weighted by atomic mass is 16.8. The molecule has 1 rings (SSSR count). The summed E-state index contributed by atoms with van der Waals surface area (Å²) in [4.78, 5) is 4.25. The molecule has 12 heavy (non-hydrogen) atoms. The Kier molecular flexibility index (Phi) is 2.99. The highest BCUT2D eigenvalue weighted by molar-refractivity contribution is 4.86. The molecule has 0 bridgehead atoms. The van der Waals surface area contributed by atoms with Crippen LogP contribution in [0.1, 0.15) is 6.92 Å². The lowest BCUT2D eigenvalue weighted by molar-refractivity contribution is -0.294. The second-order valence-electron chi connectivity index (χ2n) is 2.82. The van der Waals surface area contributed by atoms with Crippen molar-refractivity contribution in [1.82, 2.24) is 0 Å². The molecule has 1 unspecified atom stereocenters. The maximum absolute atomic E-state index is 9.20. The lowest BCUT2D eigenvalue weighted by Crippen LogP contribution is -2.57. The smallest absolute Gasteiger partial charge is 0.205 e. The molecular formula is C6H13NO5. The van der Waals surface area contributed by atoms with Gasteiger partial charge in [-0.15, -0.1) is 0 Å². The van der Waals surface area contributed by atoms with Crippen LogP contribution in [0.4, 0.5) is 0 Å². The Hall–Kier alpha value is -0.240. The molecule has 5 atom stereocenters. The van der Waals surface area contributed by atoms with Crippen LogP contribution in [0, 0.1) is 0 Å². The average Bonchev–Trinajstić information content (AvgIpc) is 2.08. The number of hydrogen-bond acceptors (Lipinski definition) is 6. The molecule has 6 heteroatoms. The minimum atomic E-state index is -1.32. The summed E-state index contributed by atoms with van der Waals surface area (Å²) in [6.07, 6.45) is -5.43. The molecule has 5 N–H and O–H groups in total. The quantitative estimate of drug-likeness (QED) is 0.337. The Morgan fingerprint density at radius 2 is 1.75 bits per heavy atom. The van der Waals surface area contributed by atoms with Gasteiger partial charge in [0.25, 0.3) is 0 Å². The first-order valence-corrected chi connectivity index (χ1v) is 3.63. The van der Waals surface area contributed by atoms with Gasteiger partial charge in [0.2, 0.25) is 6.29 Å². The molecule has 6 nitrogen and oxygen atoms in total. The van der Waals surface area contributed by atoms with Crippen LogP contribution in [0.15, 0.2) is 0 Å². The molecule has 0 radical (unpaired) electrons. The Morgan fingerprint density at radius 1 is 1.17 bits per heavy atom. The van der Waals surface area contributed by atoms with Crippen LogP contribution in [-0.2, 0) is 9.57 Å². The lowest BCUT2D eigenvalue weighted by Gasteiger charge is -2.37. The standard InChI is InChI=1S/C6H13NO5/c1-2-3(8)4(9)5(10)6(11-2)12-7/h2-6,8-10H,7H2,1H3/t2-,3-,4+,5-,6?/m1/s1. The fourth-order valence-corrected chi connectivity index (χ4v) is 1.13. The van der Waals surface area contributed by atoms with E-state index in [1.54, 1.807) is 6.92 Å². The molecule has 1 heterocycles. The van der Waals surface area contributed by atoms with Crippen LogP contribution in [0.3, 0.4) is 0 Å². The summed E-state index contributed by atoms with van der Waals surface area (Å²) in [7, 11) is 0. The number of nitrogens with two attached hydrogens (primary N) is 1. The van der Waals surface area contributed by atoms with Gasteiger partial charge in [-0.1, -0.05) is 0 Å². The molecule has 1 aliphatic heterocycles. The van der Waals surface area contributed by atoms with Crippen LogP contribution in [0.5, 0.6) is 0 Å². The third-order valence-electron chi connectivity index (χ3n) is 1.94. The van der Waals surface area contributed by atoms with Crippen LogP contribution in [0.25, 0.3) is 0 Å². The third kappa shape index (κ3) is 1.58. The Balaban J connectivity index is 2.63. The third-order valence-corrected chi connectivity index (χ3v) is 1.94. The topological polar surface area (TPSA) is 105 Å². The molecule has 72 valence electrons. The number of aliphatic hydroxyl groups is 3. The summed E-state index contributed by atoms with van der Waals surface area (Å²) in [6.45, 7) is 1.55. The summed E-state index contributed by atoms with van der Waals surface area (Å²) >= 11 is 0. The predicted molar refractivity (Wildman–Crippen MR) is 37.6 cm³/mol. The lowest BCUT2D eigenvalue weighted by atomic mass is 10.0. The maximum atomic E-state index is 9.20. The van der Waals surface area contributed by atoms with E-state index in [-0.39, 0.29) is 0 Å². The van der Waals surface area contributed by atoms with E-state index in [4.69, 9.17) is 10.6 Å². The molecule has 0 amide bonds. The van der Waals surface area contributed by atoms with Crippen LogP contribution in [-0.4, -0.2) is 46.0 Å². The van der Waals surface area contributed by atoms with Crippen molar-refractivity contribution in [2.24, 2.45) is 5.90 Å². The summed E-state index contributed by atoms with van der Waals surface area (Å²) in [5, 5.41) is 27.6. The second kappa shape index (κ2) is 3.65. The summed E-state index contributed by atoms with van der Waals surface area (Å²) < 4.78 is 4.92. The molecule has 0 aromatic carbocycles. The number of hydrogen-bond donors (Lipinski definition) is 4. The highest BCUT2D eigenvalue weighted by Crippen LogP contribution is 2.20. The monoisotopic (exact) mass is 179 g/mol. The van der Waals surface area contributed by atoms with E-state index in [1.165, 1.54) is 0 Å². The molecule has 1 fully saturated rings. The maximum Gasteiger partial charge on any atom is 0.205 e. The molecule has 0 spiro atoms. The second-order valence-corrected chi connectivity index (χ2v) is 2.82. The highest BCUT2D eigenvalue weighted by Gasteiger charge is 2.42. The van der Waals surface area contributed by atoms with Crippen LogP contribution >= 0.6 is 0 Å². The van der Waals surface area contributed by atoms with E-state index >= 15 is 0 Å². The van der Waals surface area contributed by atoms with Gasteiger partial charge in [0.05, 0.1) is 6.10 Å². The van der Waals surface area contributed by atoms with Crippen molar-refractivity contribution in [2.75, 3.05) is 0 Å². The number of rotatable bonds is 1. The van der Waals surface area contributed by atoms with Gasteiger partial charge in [0.15, 0.2) is 0 Å². The van der Waals surface area contributed by atoms with Crippen LogP contribution in [0.2, 0.25) is 0 Å². The molecule has 1 aliphatic rings.